The van der Waals surface area contributed by atoms with Crippen molar-refractivity contribution in [2.24, 2.45) is 0 Å². The van der Waals surface area contributed by atoms with Crippen LogP contribution in [-0.2, 0) is 12.4 Å². The van der Waals surface area contributed by atoms with E-state index in [0.29, 0.717) is 17.3 Å². The SMILES string of the molecule is CC[C@H](C)Nc1nc(Nc2ccc(C(F)(F)F)cc2C(F)(F)F)cc(-c2ccncc2)n1. The fourth-order valence-electron chi connectivity index (χ4n) is 2.77. The summed E-state index contributed by atoms with van der Waals surface area (Å²) in [6, 6.07) is 6.12. The highest BCUT2D eigenvalue weighted by molar-refractivity contribution is 5.69. The van der Waals surface area contributed by atoms with Crippen LogP contribution in [0.3, 0.4) is 0 Å². The van der Waals surface area contributed by atoms with Crippen LogP contribution < -0.4 is 10.6 Å². The number of benzene rings is 1. The lowest BCUT2D eigenvalue weighted by atomic mass is 10.1. The maximum Gasteiger partial charge on any atom is 0.418 e. The maximum atomic E-state index is 13.5. The van der Waals surface area contributed by atoms with E-state index in [-0.39, 0.29) is 23.9 Å². The van der Waals surface area contributed by atoms with Crippen molar-refractivity contribution in [1.82, 2.24) is 15.0 Å². The lowest BCUT2D eigenvalue weighted by Gasteiger charge is -2.18. The average Bonchev–Trinajstić information content (AvgIpc) is 2.73. The van der Waals surface area contributed by atoms with Gasteiger partial charge >= 0.3 is 12.4 Å². The average molecular weight is 455 g/mol. The molecule has 170 valence electrons. The van der Waals surface area contributed by atoms with E-state index in [4.69, 9.17) is 0 Å². The molecule has 11 heteroatoms. The first-order valence-corrected chi connectivity index (χ1v) is 9.59. The summed E-state index contributed by atoms with van der Waals surface area (Å²) in [5.41, 5.74) is -2.36. The zero-order chi connectivity index (χ0) is 23.5. The largest absolute Gasteiger partial charge is 0.418 e. The third kappa shape index (κ3) is 5.65. The van der Waals surface area contributed by atoms with Crippen LogP contribution in [0.1, 0.15) is 31.4 Å². The Morgan fingerprint density at radius 2 is 1.59 bits per heavy atom. The van der Waals surface area contributed by atoms with Crippen molar-refractivity contribution in [3.05, 3.63) is 59.9 Å². The van der Waals surface area contributed by atoms with Gasteiger partial charge in [-0.25, -0.2) is 4.98 Å². The number of halogens is 6. The van der Waals surface area contributed by atoms with Crippen LogP contribution in [0.2, 0.25) is 0 Å². The van der Waals surface area contributed by atoms with E-state index in [9.17, 15) is 26.3 Å². The summed E-state index contributed by atoms with van der Waals surface area (Å²) < 4.78 is 79.3. The molecule has 32 heavy (non-hydrogen) atoms. The van der Waals surface area contributed by atoms with Crippen LogP contribution in [0, 0.1) is 0 Å². The molecule has 0 saturated carbocycles. The highest BCUT2D eigenvalue weighted by Crippen LogP contribution is 2.40. The topological polar surface area (TPSA) is 62.7 Å². The number of pyridine rings is 1. The van der Waals surface area contributed by atoms with Crippen molar-refractivity contribution < 1.29 is 26.3 Å². The molecular formula is C21H19F6N5. The molecule has 0 radical (unpaired) electrons. The lowest BCUT2D eigenvalue weighted by Crippen LogP contribution is -2.17. The monoisotopic (exact) mass is 455 g/mol. The van der Waals surface area contributed by atoms with Crippen LogP contribution >= 0.6 is 0 Å². The van der Waals surface area contributed by atoms with Crippen LogP contribution in [0.4, 0.5) is 43.8 Å². The van der Waals surface area contributed by atoms with E-state index in [1.807, 2.05) is 13.8 Å². The first-order valence-electron chi connectivity index (χ1n) is 9.59. The van der Waals surface area contributed by atoms with Crippen molar-refractivity contribution in [2.45, 2.75) is 38.7 Å². The number of hydrogen-bond donors (Lipinski definition) is 2. The fraction of sp³-hybridized carbons (Fsp3) is 0.286. The zero-order valence-corrected chi connectivity index (χ0v) is 17.0. The Hall–Kier alpha value is -3.37. The summed E-state index contributed by atoms with van der Waals surface area (Å²) in [5, 5.41) is 5.56. The third-order valence-electron chi connectivity index (χ3n) is 4.61. The highest BCUT2D eigenvalue weighted by Gasteiger charge is 2.38. The van der Waals surface area contributed by atoms with Gasteiger partial charge in [-0.15, -0.1) is 0 Å². The number of nitrogens with one attached hydrogen (secondary N) is 2. The van der Waals surface area contributed by atoms with Gasteiger partial charge < -0.3 is 10.6 Å². The quantitative estimate of drug-likeness (QED) is 0.414. The van der Waals surface area contributed by atoms with Crippen molar-refractivity contribution >= 4 is 17.5 Å². The normalized spacial score (nSPS) is 13.0. The molecule has 0 spiro atoms. The van der Waals surface area contributed by atoms with Gasteiger partial charge in [0.15, 0.2) is 0 Å². The van der Waals surface area contributed by atoms with Crippen LogP contribution in [0.15, 0.2) is 48.8 Å². The molecule has 0 bridgehead atoms. The minimum atomic E-state index is -5.01. The Bertz CT molecular complexity index is 1070. The number of aromatic nitrogens is 3. The summed E-state index contributed by atoms with van der Waals surface area (Å²) >= 11 is 0. The van der Waals surface area contributed by atoms with Gasteiger partial charge in [0, 0.05) is 30.1 Å². The van der Waals surface area contributed by atoms with E-state index in [1.165, 1.54) is 18.5 Å². The van der Waals surface area contributed by atoms with Crippen molar-refractivity contribution in [1.29, 1.82) is 0 Å². The standard InChI is InChI=1S/C21H19F6N5/c1-3-12(2)29-19-31-17(13-6-8-28-9-7-13)11-18(32-19)30-16-5-4-14(20(22,23)24)10-15(16)21(25,26)27/h4-12H,3H2,1-2H3,(H2,29,30,31,32)/t12-/m0/s1. The first kappa shape index (κ1) is 23.3. The van der Waals surface area contributed by atoms with Gasteiger partial charge in [0.1, 0.15) is 5.82 Å². The predicted molar refractivity (Wildman–Crippen MR) is 108 cm³/mol. The second kappa shape index (κ2) is 9.01. The number of rotatable bonds is 6. The molecule has 1 aromatic carbocycles. The summed E-state index contributed by atoms with van der Waals surface area (Å²) in [4.78, 5) is 12.5. The molecule has 2 aromatic heterocycles. The molecule has 0 amide bonds. The van der Waals surface area contributed by atoms with E-state index in [0.717, 1.165) is 12.5 Å². The maximum absolute atomic E-state index is 13.5. The van der Waals surface area contributed by atoms with Gasteiger partial charge in [-0.3, -0.25) is 4.98 Å². The van der Waals surface area contributed by atoms with Gasteiger partial charge in [-0.1, -0.05) is 6.92 Å². The lowest BCUT2D eigenvalue weighted by molar-refractivity contribution is -0.142. The van der Waals surface area contributed by atoms with Gasteiger partial charge in [0.2, 0.25) is 5.95 Å². The summed E-state index contributed by atoms with van der Waals surface area (Å²) in [7, 11) is 0. The van der Waals surface area contributed by atoms with Crippen molar-refractivity contribution in [3.63, 3.8) is 0 Å². The summed E-state index contributed by atoms with van der Waals surface area (Å²) in [6.07, 6.45) is -6.12. The Kier molecular flexibility index (Phi) is 6.56. The molecule has 2 heterocycles. The number of anilines is 3. The molecule has 5 nitrogen and oxygen atoms in total. The molecule has 0 aliphatic heterocycles. The Balaban J connectivity index is 2.07. The minimum absolute atomic E-state index is 0.0112. The second-order valence-electron chi connectivity index (χ2n) is 7.03. The molecule has 2 N–H and O–H groups in total. The molecule has 0 aliphatic rings. The summed E-state index contributed by atoms with van der Waals surface area (Å²) in [6.45, 7) is 3.81. The van der Waals surface area contributed by atoms with Gasteiger partial charge in [-0.2, -0.15) is 31.3 Å². The van der Waals surface area contributed by atoms with E-state index >= 15 is 0 Å². The Morgan fingerprint density at radius 1 is 0.906 bits per heavy atom. The number of hydrogen-bond acceptors (Lipinski definition) is 5. The van der Waals surface area contributed by atoms with E-state index < -0.39 is 29.2 Å². The van der Waals surface area contributed by atoms with Crippen molar-refractivity contribution in [3.8, 4) is 11.3 Å². The van der Waals surface area contributed by atoms with Gasteiger partial charge in [0.05, 0.1) is 22.5 Å². The van der Waals surface area contributed by atoms with Crippen LogP contribution in [-0.4, -0.2) is 21.0 Å². The minimum Gasteiger partial charge on any atom is -0.352 e. The van der Waals surface area contributed by atoms with Crippen LogP contribution in [0.25, 0.3) is 11.3 Å². The molecule has 0 unspecified atom stereocenters. The zero-order valence-electron chi connectivity index (χ0n) is 17.0. The molecule has 0 fully saturated rings. The smallest absolute Gasteiger partial charge is 0.352 e. The van der Waals surface area contributed by atoms with Crippen LogP contribution in [0.5, 0.6) is 0 Å². The van der Waals surface area contributed by atoms with Gasteiger partial charge in [0.25, 0.3) is 0 Å². The summed E-state index contributed by atoms with van der Waals surface area (Å²) in [5.74, 6) is 0.152. The van der Waals surface area contributed by atoms with Gasteiger partial charge in [-0.05, 0) is 43.7 Å². The fourth-order valence-corrected chi connectivity index (χ4v) is 2.77. The number of alkyl halides is 6. The number of nitrogens with zero attached hydrogens (tertiary/aromatic N) is 3. The molecule has 3 aromatic rings. The van der Waals surface area contributed by atoms with E-state index in [1.54, 1.807) is 12.1 Å². The van der Waals surface area contributed by atoms with E-state index in [2.05, 4.69) is 25.6 Å². The molecular weight excluding hydrogens is 436 g/mol. The predicted octanol–water partition coefficient (Wildman–Crippen LogP) is 6.53. The molecule has 3 rings (SSSR count). The van der Waals surface area contributed by atoms with Crippen molar-refractivity contribution in [2.75, 3.05) is 10.6 Å². The second-order valence-corrected chi connectivity index (χ2v) is 7.03. The third-order valence-corrected chi connectivity index (χ3v) is 4.61. The molecule has 0 saturated heterocycles. The molecule has 0 aliphatic carbocycles. The Labute approximate surface area is 179 Å². The first-order chi connectivity index (χ1) is 15.0. The molecule has 1 atom stereocenters. The Morgan fingerprint density at radius 3 is 2.19 bits per heavy atom. The highest BCUT2D eigenvalue weighted by atomic mass is 19.4.